The Morgan fingerprint density at radius 1 is 1.13 bits per heavy atom. The SMILES string of the molecule is COc1nc(-c2c(C3CC3)c(C)cc3[nH]ncc23)c(F)c2nc(OCC34CCCC3N(C3CC5(C3)CS(=O)C5)CCC4)nc(N3CCOCC(C)(O)C3)c12. The van der Waals surface area contributed by atoms with E-state index in [0.29, 0.717) is 59.9 Å². The van der Waals surface area contributed by atoms with Gasteiger partial charge in [-0.2, -0.15) is 15.1 Å². The van der Waals surface area contributed by atoms with Crippen molar-refractivity contribution in [3.63, 3.8) is 0 Å². The van der Waals surface area contributed by atoms with Crippen LogP contribution in [0.5, 0.6) is 11.9 Å². The first-order chi connectivity index (χ1) is 26.1. The number of ether oxygens (including phenoxy) is 3. The molecule has 3 aliphatic heterocycles. The van der Waals surface area contributed by atoms with Crippen molar-refractivity contribution in [2.24, 2.45) is 10.8 Å². The number of hydrogen-bond acceptors (Lipinski definition) is 11. The Balaban J connectivity index is 1.06. The molecule has 54 heavy (non-hydrogen) atoms. The average Bonchev–Trinajstić information content (AvgIpc) is 3.74. The molecule has 4 aromatic rings. The summed E-state index contributed by atoms with van der Waals surface area (Å²) in [6, 6.07) is 3.14. The number of rotatable bonds is 8. The maximum absolute atomic E-state index is 17.6. The van der Waals surface area contributed by atoms with Gasteiger partial charge in [0.2, 0.25) is 5.88 Å². The van der Waals surface area contributed by atoms with Gasteiger partial charge in [0.1, 0.15) is 28.0 Å². The number of piperidine rings is 1. The van der Waals surface area contributed by atoms with Gasteiger partial charge in [0.15, 0.2) is 5.82 Å². The number of aromatic nitrogens is 5. The van der Waals surface area contributed by atoms with E-state index in [2.05, 4.69) is 28.1 Å². The zero-order chi connectivity index (χ0) is 37.0. The van der Waals surface area contributed by atoms with E-state index in [1.807, 2.05) is 4.90 Å². The summed E-state index contributed by atoms with van der Waals surface area (Å²) in [7, 11) is 0.906. The lowest BCUT2D eigenvalue weighted by molar-refractivity contribution is -0.0719. The zero-order valence-electron chi connectivity index (χ0n) is 31.5. The van der Waals surface area contributed by atoms with Crippen molar-refractivity contribution in [2.45, 2.75) is 95.2 Å². The number of benzene rings is 1. The van der Waals surface area contributed by atoms with E-state index in [4.69, 9.17) is 29.2 Å². The summed E-state index contributed by atoms with van der Waals surface area (Å²) in [6.07, 6.45) is 11.6. The molecule has 0 amide bonds. The van der Waals surface area contributed by atoms with Crippen molar-refractivity contribution < 1.29 is 27.9 Å². The number of methoxy groups -OCH3 is 1. The summed E-state index contributed by atoms with van der Waals surface area (Å²) in [4.78, 5) is 19.4. The lowest BCUT2D eigenvalue weighted by Crippen LogP contribution is -2.65. The number of anilines is 1. The van der Waals surface area contributed by atoms with Gasteiger partial charge in [-0.1, -0.05) is 6.42 Å². The monoisotopic (exact) mass is 759 g/mol. The van der Waals surface area contributed by atoms with Gasteiger partial charge in [-0.05, 0) is 100 Å². The van der Waals surface area contributed by atoms with Crippen LogP contribution in [0.1, 0.15) is 81.8 Å². The van der Waals surface area contributed by atoms with Crippen molar-refractivity contribution in [1.82, 2.24) is 30.0 Å². The number of pyridine rings is 1. The lowest BCUT2D eigenvalue weighted by atomic mass is 9.64. The third-order valence-corrected chi connectivity index (χ3v) is 15.3. The van der Waals surface area contributed by atoms with E-state index in [-0.39, 0.29) is 41.7 Å². The van der Waals surface area contributed by atoms with Crippen molar-refractivity contribution in [1.29, 1.82) is 0 Å². The van der Waals surface area contributed by atoms with Crippen LogP contribution in [0.25, 0.3) is 33.1 Å². The molecule has 0 radical (unpaired) electrons. The predicted octanol–water partition coefficient (Wildman–Crippen LogP) is 5.41. The number of aromatic amines is 1. The minimum atomic E-state index is -1.17. The van der Waals surface area contributed by atoms with Gasteiger partial charge in [-0.3, -0.25) is 14.2 Å². The molecule has 3 aliphatic carbocycles. The Morgan fingerprint density at radius 2 is 1.94 bits per heavy atom. The van der Waals surface area contributed by atoms with Gasteiger partial charge in [0.25, 0.3) is 0 Å². The highest BCUT2D eigenvalue weighted by molar-refractivity contribution is 7.86. The number of halogens is 1. The molecule has 288 valence electrons. The quantitative estimate of drug-likeness (QED) is 0.239. The lowest BCUT2D eigenvalue weighted by Gasteiger charge is -2.60. The normalized spacial score (nSPS) is 32.8. The highest BCUT2D eigenvalue weighted by Gasteiger charge is 2.58. The number of aliphatic hydroxyl groups is 1. The standard InChI is InChI=1S/C40H50FN7O5S/c1-23-14-27-26(17-42-46-27)30(29(23)24-7-8-24)33-32(41)34-31(36(43-33)51-3)35(47-12-13-52-19-38(2,49)18-47)45-37(44-34)53-20-40-9-4-6-28(40)48(11-5-10-40)25-15-39(16-25)21-54(50)22-39/h14,17,24-25,28,49H,4-13,15-16,18-22H2,1-3H3,(H,42,46). The smallest absolute Gasteiger partial charge is 0.319 e. The topological polar surface area (TPSA) is 139 Å². The summed E-state index contributed by atoms with van der Waals surface area (Å²) >= 11 is 0. The third-order valence-electron chi connectivity index (χ3n) is 13.5. The Hall–Kier alpha value is -3.46. The molecule has 3 aromatic heterocycles. The minimum absolute atomic E-state index is 0.0463. The molecular formula is C40H50FN7O5S. The van der Waals surface area contributed by atoms with Crippen molar-refractivity contribution in [3.8, 4) is 23.1 Å². The van der Waals surface area contributed by atoms with Crippen molar-refractivity contribution in [3.05, 3.63) is 29.2 Å². The van der Waals surface area contributed by atoms with Gasteiger partial charge in [-0.15, -0.1) is 0 Å². The molecule has 3 unspecified atom stereocenters. The summed E-state index contributed by atoms with van der Waals surface area (Å²) < 4.78 is 48.0. The number of hydrogen-bond donors (Lipinski definition) is 2. The summed E-state index contributed by atoms with van der Waals surface area (Å²) in [5.41, 5.74) is 3.02. The fourth-order valence-corrected chi connectivity index (χ4v) is 12.7. The van der Waals surface area contributed by atoms with Crippen molar-refractivity contribution in [2.75, 3.05) is 63.0 Å². The second-order valence-corrected chi connectivity index (χ2v) is 19.0. The van der Waals surface area contributed by atoms with Crippen LogP contribution in [-0.4, -0.2) is 115 Å². The van der Waals surface area contributed by atoms with Crippen LogP contribution >= 0.6 is 0 Å². The molecule has 3 saturated heterocycles. The minimum Gasteiger partial charge on any atom is -0.480 e. The predicted molar refractivity (Wildman–Crippen MR) is 204 cm³/mol. The van der Waals surface area contributed by atoms with Gasteiger partial charge in [-0.25, -0.2) is 9.37 Å². The number of fused-ring (bicyclic) bond motifs is 3. The van der Waals surface area contributed by atoms with Gasteiger partial charge in [0, 0.05) is 57.3 Å². The second-order valence-electron chi connectivity index (χ2n) is 17.6. The van der Waals surface area contributed by atoms with E-state index in [0.717, 1.165) is 97.9 Å². The van der Waals surface area contributed by atoms with Gasteiger partial charge in [0.05, 0.1) is 45.2 Å². The molecule has 2 N–H and O–H groups in total. The number of likely N-dealkylation sites (tertiary alicyclic amines) is 1. The molecule has 6 fully saturated rings. The molecule has 3 saturated carbocycles. The van der Waals surface area contributed by atoms with E-state index < -0.39 is 22.2 Å². The molecule has 1 aromatic carbocycles. The van der Waals surface area contributed by atoms with E-state index in [1.54, 1.807) is 13.1 Å². The van der Waals surface area contributed by atoms with Crippen LogP contribution in [0.15, 0.2) is 12.3 Å². The number of H-pyrrole nitrogens is 1. The molecule has 1 spiro atoms. The van der Waals surface area contributed by atoms with Crippen LogP contribution in [-0.2, 0) is 15.5 Å². The Bertz CT molecular complexity index is 2160. The summed E-state index contributed by atoms with van der Waals surface area (Å²) in [5, 5.41) is 19.8. The fourth-order valence-electron chi connectivity index (χ4n) is 10.9. The molecule has 14 heteroatoms. The Kier molecular flexibility index (Phi) is 8.29. The largest absolute Gasteiger partial charge is 0.480 e. The number of nitrogens with zero attached hydrogens (tertiary/aromatic N) is 6. The average molecular weight is 760 g/mol. The molecule has 12 nitrogen and oxygen atoms in total. The van der Waals surface area contributed by atoms with Crippen LogP contribution in [0.2, 0.25) is 0 Å². The third kappa shape index (κ3) is 5.72. The summed E-state index contributed by atoms with van der Waals surface area (Å²) in [6.45, 7) is 6.49. The van der Waals surface area contributed by atoms with Crippen LogP contribution < -0.4 is 14.4 Å². The molecule has 10 rings (SSSR count). The maximum atomic E-state index is 17.6. The number of nitrogens with one attached hydrogen (secondary N) is 1. The zero-order valence-corrected chi connectivity index (χ0v) is 32.3. The fraction of sp³-hybridized carbons (Fsp3) is 0.650. The van der Waals surface area contributed by atoms with E-state index in [1.165, 1.54) is 7.11 Å². The number of β-amino-alcohol motifs (C(OH)–C–C–N with tert-alkyl or cyclic N) is 1. The van der Waals surface area contributed by atoms with E-state index in [9.17, 15) is 9.32 Å². The van der Waals surface area contributed by atoms with Gasteiger partial charge >= 0.3 is 6.01 Å². The first kappa shape index (κ1) is 35.0. The van der Waals surface area contributed by atoms with E-state index >= 15 is 4.39 Å². The summed E-state index contributed by atoms with van der Waals surface area (Å²) in [5.74, 6) is 2.10. The highest BCUT2D eigenvalue weighted by Crippen LogP contribution is 2.56. The molecule has 6 aliphatic rings. The Labute approximate surface area is 317 Å². The van der Waals surface area contributed by atoms with Crippen LogP contribution in [0.3, 0.4) is 0 Å². The number of aryl methyl sites for hydroxylation is 1. The maximum Gasteiger partial charge on any atom is 0.319 e. The molecular weight excluding hydrogens is 710 g/mol. The highest BCUT2D eigenvalue weighted by atomic mass is 32.2. The van der Waals surface area contributed by atoms with Crippen LogP contribution in [0, 0.1) is 23.6 Å². The Morgan fingerprint density at radius 3 is 2.72 bits per heavy atom. The molecule has 6 heterocycles. The van der Waals surface area contributed by atoms with Crippen molar-refractivity contribution >= 4 is 38.4 Å². The van der Waals surface area contributed by atoms with Gasteiger partial charge < -0.3 is 24.2 Å². The first-order valence-electron chi connectivity index (χ1n) is 19.8. The molecule has 3 atom stereocenters. The molecule has 0 bridgehead atoms. The second kappa shape index (κ2) is 12.8. The first-order valence-corrected chi connectivity index (χ1v) is 21.3. The van der Waals surface area contributed by atoms with Crippen LogP contribution in [0.4, 0.5) is 10.2 Å².